The van der Waals surface area contributed by atoms with E-state index < -0.39 is 0 Å². The van der Waals surface area contributed by atoms with Crippen LogP contribution >= 0.6 is 0 Å². The third-order valence-electron chi connectivity index (χ3n) is 2.94. The van der Waals surface area contributed by atoms with Gasteiger partial charge >= 0.3 is 0 Å². The molecule has 1 aromatic carbocycles. The molecule has 0 aliphatic rings. The van der Waals surface area contributed by atoms with Crippen LogP contribution in [0.3, 0.4) is 0 Å². The summed E-state index contributed by atoms with van der Waals surface area (Å²) in [4.78, 5) is 0. The van der Waals surface area contributed by atoms with Gasteiger partial charge in [0.15, 0.2) is 0 Å². The SMILES string of the molecule is Cc1cn(C)c2cccc(CCCN)c12. The molecule has 0 amide bonds. The minimum atomic E-state index is 0.766. The maximum Gasteiger partial charge on any atom is 0.0483 e. The van der Waals surface area contributed by atoms with Gasteiger partial charge < -0.3 is 10.3 Å². The molecule has 1 heterocycles. The smallest absolute Gasteiger partial charge is 0.0483 e. The number of hydrogen-bond acceptors (Lipinski definition) is 1. The Hall–Kier alpha value is -1.28. The lowest BCUT2D eigenvalue weighted by atomic mass is 10.0. The molecule has 2 rings (SSSR count). The average molecular weight is 202 g/mol. The molecule has 2 heteroatoms. The third kappa shape index (κ3) is 1.77. The van der Waals surface area contributed by atoms with Crippen molar-refractivity contribution in [3.05, 3.63) is 35.5 Å². The molecule has 0 spiro atoms. The van der Waals surface area contributed by atoms with Gasteiger partial charge in [0.2, 0.25) is 0 Å². The summed E-state index contributed by atoms with van der Waals surface area (Å²) in [6.07, 6.45) is 4.34. The maximum atomic E-state index is 5.56. The van der Waals surface area contributed by atoms with E-state index in [-0.39, 0.29) is 0 Å². The highest BCUT2D eigenvalue weighted by molar-refractivity contribution is 5.87. The largest absolute Gasteiger partial charge is 0.350 e. The third-order valence-corrected chi connectivity index (χ3v) is 2.94. The van der Waals surface area contributed by atoms with Crippen molar-refractivity contribution in [1.82, 2.24) is 4.57 Å². The number of rotatable bonds is 3. The van der Waals surface area contributed by atoms with E-state index in [2.05, 4.69) is 42.9 Å². The van der Waals surface area contributed by atoms with Gasteiger partial charge in [0, 0.05) is 24.1 Å². The monoisotopic (exact) mass is 202 g/mol. The molecule has 2 nitrogen and oxygen atoms in total. The summed E-state index contributed by atoms with van der Waals surface area (Å²) in [5.41, 5.74) is 9.67. The van der Waals surface area contributed by atoms with Gasteiger partial charge in [0.05, 0.1) is 0 Å². The minimum Gasteiger partial charge on any atom is -0.350 e. The molecular formula is C13H18N2. The summed E-state index contributed by atoms with van der Waals surface area (Å²) < 4.78 is 2.19. The van der Waals surface area contributed by atoms with Crippen LogP contribution in [0.25, 0.3) is 10.9 Å². The van der Waals surface area contributed by atoms with E-state index in [1.54, 1.807) is 0 Å². The lowest BCUT2D eigenvalue weighted by Gasteiger charge is -2.04. The van der Waals surface area contributed by atoms with E-state index >= 15 is 0 Å². The van der Waals surface area contributed by atoms with E-state index in [0.29, 0.717) is 0 Å². The van der Waals surface area contributed by atoms with Gasteiger partial charge in [-0.3, -0.25) is 0 Å². The van der Waals surface area contributed by atoms with Gasteiger partial charge in [-0.15, -0.1) is 0 Å². The fourth-order valence-electron chi connectivity index (χ4n) is 2.26. The number of nitrogens with two attached hydrogens (primary N) is 1. The average Bonchev–Trinajstić information content (AvgIpc) is 2.53. The van der Waals surface area contributed by atoms with Crippen molar-refractivity contribution < 1.29 is 0 Å². The molecule has 0 saturated carbocycles. The highest BCUT2D eigenvalue weighted by Crippen LogP contribution is 2.24. The molecule has 2 aromatic rings. The number of hydrogen-bond donors (Lipinski definition) is 1. The van der Waals surface area contributed by atoms with E-state index in [1.165, 1.54) is 22.0 Å². The minimum absolute atomic E-state index is 0.766. The van der Waals surface area contributed by atoms with Crippen molar-refractivity contribution in [3.8, 4) is 0 Å². The summed E-state index contributed by atoms with van der Waals surface area (Å²) >= 11 is 0. The molecule has 0 saturated heterocycles. The Labute approximate surface area is 90.7 Å². The fourth-order valence-corrected chi connectivity index (χ4v) is 2.26. The quantitative estimate of drug-likeness (QED) is 0.814. The Balaban J connectivity index is 2.54. The first-order valence-corrected chi connectivity index (χ1v) is 5.47. The molecule has 0 unspecified atom stereocenters. The molecule has 0 radical (unpaired) electrons. The van der Waals surface area contributed by atoms with Crippen molar-refractivity contribution in [3.63, 3.8) is 0 Å². The van der Waals surface area contributed by atoms with Crippen LogP contribution in [0.1, 0.15) is 17.5 Å². The van der Waals surface area contributed by atoms with Crippen LogP contribution in [0.5, 0.6) is 0 Å². The second-order valence-electron chi connectivity index (χ2n) is 4.13. The van der Waals surface area contributed by atoms with E-state index in [4.69, 9.17) is 5.73 Å². The van der Waals surface area contributed by atoms with Gasteiger partial charge in [-0.05, 0) is 43.5 Å². The number of fused-ring (bicyclic) bond motifs is 1. The highest BCUT2D eigenvalue weighted by atomic mass is 14.9. The summed E-state index contributed by atoms with van der Waals surface area (Å²) in [7, 11) is 2.10. The molecule has 15 heavy (non-hydrogen) atoms. The van der Waals surface area contributed by atoms with E-state index in [0.717, 1.165) is 19.4 Å². The van der Waals surface area contributed by atoms with Crippen LogP contribution in [-0.2, 0) is 13.5 Å². The van der Waals surface area contributed by atoms with Crippen LogP contribution in [0.4, 0.5) is 0 Å². The van der Waals surface area contributed by atoms with Crippen molar-refractivity contribution in [2.75, 3.05) is 6.54 Å². The first kappa shape index (κ1) is 10.2. The zero-order valence-electron chi connectivity index (χ0n) is 9.46. The van der Waals surface area contributed by atoms with E-state index in [9.17, 15) is 0 Å². The number of aromatic nitrogens is 1. The predicted molar refractivity (Wildman–Crippen MR) is 65.0 cm³/mol. The zero-order chi connectivity index (χ0) is 10.8. The Kier molecular flexibility index (Phi) is 2.78. The summed E-state index contributed by atoms with van der Waals surface area (Å²) in [5, 5.41) is 1.41. The Morgan fingerprint density at radius 3 is 2.87 bits per heavy atom. The zero-order valence-corrected chi connectivity index (χ0v) is 9.46. The standard InChI is InChI=1S/C13H18N2/c1-10-9-15(2)12-7-3-5-11(13(10)12)6-4-8-14/h3,5,7,9H,4,6,8,14H2,1-2H3. The van der Waals surface area contributed by atoms with Crippen LogP contribution in [0.15, 0.2) is 24.4 Å². The molecular weight excluding hydrogens is 184 g/mol. The summed E-state index contributed by atoms with van der Waals surface area (Å²) in [6.45, 7) is 2.94. The van der Waals surface area contributed by atoms with Gasteiger partial charge in [-0.25, -0.2) is 0 Å². The van der Waals surface area contributed by atoms with Gasteiger partial charge in [0.25, 0.3) is 0 Å². The van der Waals surface area contributed by atoms with Crippen LogP contribution in [-0.4, -0.2) is 11.1 Å². The van der Waals surface area contributed by atoms with Crippen molar-refractivity contribution in [1.29, 1.82) is 0 Å². The van der Waals surface area contributed by atoms with Crippen molar-refractivity contribution >= 4 is 10.9 Å². The lowest BCUT2D eigenvalue weighted by molar-refractivity contribution is 0.837. The topological polar surface area (TPSA) is 30.9 Å². The Morgan fingerprint density at radius 2 is 2.13 bits per heavy atom. The molecule has 0 bridgehead atoms. The van der Waals surface area contributed by atoms with Crippen LogP contribution < -0.4 is 5.73 Å². The van der Waals surface area contributed by atoms with Crippen molar-refractivity contribution in [2.45, 2.75) is 19.8 Å². The van der Waals surface area contributed by atoms with Gasteiger partial charge in [-0.1, -0.05) is 12.1 Å². The highest BCUT2D eigenvalue weighted by Gasteiger charge is 2.06. The second-order valence-corrected chi connectivity index (χ2v) is 4.13. The molecule has 2 N–H and O–H groups in total. The Morgan fingerprint density at radius 1 is 1.33 bits per heavy atom. The normalized spacial score (nSPS) is 11.1. The van der Waals surface area contributed by atoms with Gasteiger partial charge in [-0.2, -0.15) is 0 Å². The van der Waals surface area contributed by atoms with Crippen LogP contribution in [0, 0.1) is 6.92 Å². The van der Waals surface area contributed by atoms with E-state index in [1.807, 2.05) is 0 Å². The first-order valence-electron chi connectivity index (χ1n) is 5.47. The molecule has 0 atom stereocenters. The number of nitrogens with zero attached hydrogens (tertiary/aromatic N) is 1. The second kappa shape index (κ2) is 4.07. The van der Waals surface area contributed by atoms with Gasteiger partial charge in [0.1, 0.15) is 0 Å². The maximum absolute atomic E-state index is 5.56. The van der Waals surface area contributed by atoms with Crippen molar-refractivity contribution in [2.24, 2.45) is 12.8 Å². The fraction of sp³-hybridized carbons (Fsp3) is 0.385. The first-order chi connectivity index (χ1) is 7.24. The molecule has 0 aliphatic heterocycles. The number of aryl methyl sites for hydroxylation is 3. The Bertz CT molecular complexity index is 469. The summed E-state index contributed by atoms with van der Waals surface area (Å²) in [6, 6.07) is 6.52. The molecule has 0 aliphatic carbocycles. The predicted octanol–water partition coefficient (Wildman–Crippen LogP) is 2.38. The molecule has 80 valence electrons. The molecule has 1 aromatic heterocycles. The lowest BCUT2D eigenvalue weighted by Crippen LogP contribution is -2.00. The molecule has 0 fully saturated rings. The van der Waals surface area contributed by atoms with Crippen LogP contribution in [0.2, 0.25) is 0 Å². The summed E-state index contributed by atoms with van der Waals surface area (Å²) in [5.74, 6) is 0. The number of benzene rings is 1.